The van der Waals surface area contributed by atoms with Gasteiger partial charge in [-0.15, -0.1) is 11.6 Å². The monoisotopic (exact) mass is 434 g/mol. The van der Waals surface area contributed by atoms with Gasteiger partial charge >= 0.3 is 0 Å². The molecule has 3 fully saturated rings. The molecular formula is C25H35ClO4. The number of aliphatic hydroxyl groups excluding tert-OH is 1. The first-order valence-corrected chi connectivity index (χ1v) is 12.1. The molecule has 4 nitrogen and oxygen atoms in total. The molecule has 4 aliphatic carbocycles. The van der Waals surface area contributed by atoms with Gasteiger partial charge in [-0.3, -0.25) is 14.4 Å². The number of hydrogen-bond donors (Lipinski definition) is 1. The Bertz CT molecular complexity index is 788. The highest BCUT2D eigenvalue weighted by Crippen LogP contribution is 2.66. The summed E-state index contributed by atoms with van der Waals surface area (Å²) in [5.74, 6) is 0.807. The van der Waals surface area contributed by atoms with Crippen LogP contribution >= 0.6 is 11.6 Å². The summed E-state index contributed by atoms with van der Waals surface area (Å²) in [5, 5.41) is 10.5. The average Bonchev–Trinajstić information content (AvgIpc) is 2.98. The fourth-order valence-corrected chi connectivity index (χ4v) is 8.17. The zero-order valence-corrected chi connectivity index (χ0v) is 19.2. The SMILES string of the molecule is CC(=O)C(=O)CCC[C@@H]1C[C@@]2(C)C(=CC1=O)[C@@H](Cl)C[C@H]1[C@@H]3CC[C@H](O)[C@@]3(C)CC[C@@H]12. The van der Waals surface area contributed by atoms with Crippen molar-refractivity contribution in [3.8, 4) is 0 Å². The van der Waals surface area contributed by atoms with Gasteiger partial charge in [0.05, 0.1) is 11.5 Å². The lowest BCUT2D eigenvalue weighted by Crippen LogP contribution is -2.54. The fraction of sp³-hybridized carbons (Fsp3) is 0.800. The number of alkyl halides is 1. The second-order valence-electron chi connectivity index (χ2n) is 10.9. The first kappa shape index (κ1) is 22.2. The maximum absolute atomic E-state index is 12.9. The van der Waals surface area contributed by atoms with Crippen molar-refractivity contribution in [1.82, 2.24) is 0 Å². The van der Waals surface area contributed by atoms with Crippen molar-refractivity contribution in [2.75, 3.05) is 0 Å². The Labute approximate surface area is 184 Å². The second-order valence-corrected chi connectivity index (χ2v) is 11.4. The van der Waals surface area contributed by atoms with Crippen LogP contribution in [0.3, 0.4) is 0 Å². The van der Waals surface area contributed by atoms with E-state index in [1.54, 1.807) is 0 Å². The Balaban J connectivity index is 1.55. The lowest BCUT2D eigenvalue weighted by atomic mass is 9.46. The summed E-state index contributed by atoms with van der Waals surface area (Å²) in [6.07, 6.45) is 8.88. The van der Waals surface area contributed by atoms with Crippen molar-refractivity contribution in [3.05, 3.63) is 11.6 Å². The minimum absolute atomic E-state index is 0.00624. The van der Waals surface area contributed by atoms with Crippen LogP contribution in [-0.4, -0.2) is 33.9 Å². The number of carbonyl (C=O) groups excluding carboxylic acids is 3. The number of rotatable bonds is 5. The first-order chi connectivity index (χ1) is 14.1. The summed E-state index contributed by atoms with van der Waals surface area (Å²) in [5.41, 5.74) is 1.04. The van der Waals surface area contributed by atoms with E-state index in [-0.39, 0.29) is 46.2 Å². The van der Waals surface area contributed by atoms with Crippen LogP contribution in [0.25, 0.3) is 0 Å². The molecule has 0 heterocycles. The van der Waals surface area contributed by atoms with Gasteiger partial charge < -0.3 is 5.11 Å². The molecule has 0 aromatic heterocycles. The van der Waals surface area contributed by atoms with E-state index in [0.717, 1.165) is 44.1 Å². The lowest BCUT2D eigenvalue weighted by molar-refractivity contribution is -0.135. The van der Waals surface area contributed by atoms with Crippen molar-refractivity contribution in [2.45, 2.75) is 90.0 Å². The van der Waals surface area contributed by atoms with Crippen molar-refractivity contribution < 1.29 is 19.5 Å². The molecule has 166 valence electrons. The fourth-order valence-electron chi connectivity index (χ4n) is 7.65. The molecule has 0 aliphatic heterocycles. The van der Waals surface area contributed by atoms with E-state index in [4.69, 9.17) is 11.6 Å². The number of hydrogen-bond acceptors (Lipinski definition) is 4. The third kappa shape index (κ3) is 3.43. The lowest BCUT2D eigenvalue weighted by Gasteiger charge is -2.59. The van der Waals surface area contributed by atoms with Crippen LogP contribution < -0.4 is 0 Å². The standard InChI is InChI=1S/C25H35ClO4/c1-14(27)21(28)6-4-5-15-13-25(3)18-9-10-24(2)17(7-8-23(24)30)16(18)11-20(26)19(25)12-22(15)29/h12,15-18,20,23,30H,4-11,13H2,1-3H3/t15-,16+,17+,18+,20+,23+,24+,25-/m1/s1. The number of carbonyl (C=O) groups is 3. The summed E-state index contributed by atoms with van der Waals surface area (Å²) in [7, 11) is 0. The van der Waals surface area contributed by atoms with Gasteiger partial charge in [-0.05, 0) is 91.6 Å². The number of fused-ring (bicyclic) bond motifs is 5. The molecule has 4 aliphatic rings. The minimum Gasteiger partial charge on any atom is -0.393 e. The zero-order chi connectivity index (χ0) is 21.8. The molecule has 0 unspecified atom stereocenters. The quantitative estimate of drug-likeness (QED) is 0.505. The first-order valence-electron chi connectivity index (χ1n) is 11.7. The number of aliphatic hydroxyl groups is 1. The molecule has 0 aromatic rings. The second kappa shape index (κ2) is 7.85. The average molecular weight is 435 g/mol. The van der Waals surface area contributed by atoms with Crippen molar-refractivity contribution in [3.63, 3.8) is 0 Å². The molecule has 0 bridgehead atoms. The number of allylic oxidation sites excluding steroid dienone is 1. The molecule has 5 heteroatoms. The minimum atomic E-state index is -0.400. The Morgan fingerprint density at radius 3 is 2.63 bits per heavy atom. The van der Waals surface area contributed by atoms with E-state index in [2.05, 4.69) is 13.8 Å². The third-order valence-corrected chi connectivity index (χ3v) is 9.81. The van der Waals surface area contributed by atoms with Crippen LogP contribution in [0, 0.1) is 34.5 Å². The molecule has 3 saturated carbocycles. The number of ketones is 3. The van der Waals surface area contributed by atoms with Gasteiger partial charge in [0.1, 0.15) is 0 Å². The zero-order valence-electron chi connectivity index (χ0n) is 18.5. The molecule has 0 amide bonds. The summed E-state index contributed by atoms with van der Waals surface area (Å²) >= 11 is 6.90. The van der Waals surface area contributed by atoms with E-state index < -0.39 is 5.78 Å². The van der Waals surface area contributed by atoms with E-state index in [9.17, 15) is 19.5 Å². The predicted molar refractivity (Wildman–Crippen MR) is 116 cm³/mol. The van der Waals surface area contributed by atoms with Gasteiger partial charge in [-0.2, -0.15) is 0 Å². The molecule has 8 atom stereocenters. The van der Waals surface area contributed by atoms with Gasteiger partial charge in [-0.1, -0.05) is 13.8 Å². The van der Waals surface area contributed by atoms with Crippen LogP contribution in [0.15, 0.2) is 11.6 Å². The van der Waals surface area contributed by atoms with Crippen LogP contribution in [0.2, 0.25) is 0 Å². The third-order valence-electron chi connectivity index (χ3n) is 9.40. The van der Waals surface area contributed by atoms with Gasteiger partial charge in [0.25, 0.3) is 0 Å². The van der Waals surface area contributed by atoms with E-state index in [1.165, 1.54) is 6.92 Å². The van der Waals surface area contributed by atoms with Gasteiger partial charge in [0, 0.05) is 19.3 Å². The maximum atomic E-state index is 12.9. The molecular weight excluding hydrogens is 400 g/mol. The predicted octanol–water partition coefficient (Wildman–Crippen LogP) is 4.65. The van der Waals surface area contributed by atoms with Gasteiger partial charge in [0.15, 0.2) is 17.3 Å². The molecule has 0 spiro atoms. The van der Waals surface area contributed by atoms with E-state index in [0.29, 0.717) is 30.6 Å². The molecule has 0 radical (unpaired) electrons. The molecule has 4 rings (SSSR count). The highest BCUT2D eigenvalue weighted by molar-refractivity contribution is 6.36. The van der Waals surface area contributed by atoms with E-state index in [1.807, 2.05) is 6.08 Å². The maximum Gasteiger partial charge on any atom is 0.198 e. The number of halogens is 1. The Kier molecular flexibility index (Phi) is 5.81. The van der Waals surface area contributed by atoms with Crippen LogP contribution in [0.5, 0.6) is 0 Å². The smallest absolute Gasteiger partial charge is 0.198 e. The number of Topliss-reactive ketones (excluding diaryl/α,β-unsaturated/α-hetero) is 2. The Hall–Kier alpha value is -1.00. The summed E-state index contributed by atoms with van der Waals surface area (Å²) < 4.78 is 0. The van der Waals surface area contributed by atoms with Crippen molar-refractivity contribution in [1.29, 1.82) is 0 Å². The molecule has 30 heavy (non-hydrogen) atoms. The van der Waals surface area contributed by atoms with Crippen molar-refractivity contribution >= 4 is 29.0 Å². The topological polar surface area (TPSA) is 71.4 Å². The van der Waals surface area contributed by atoms with Gasteiger partial charge in [0.2, 0.25) is 0 Å². The summed E-state index contributed by atoms with van der Waals surface area (Å²) in [6.45, 7) is 5.88. The van der Waals surface area contributed by atoms with Crippen LogP contribution in [-0.2, 0) is 14.4 Å². The van der Waals surface area contributed by atoms with Crippen molar-refractivity contribution in [2.24, 2.45) is 34.5 Å². The van der Waals surface area contributed by atoms with Crippen LogP contribution in [0.1, 0.15) is 78.6 Å². The highest BCUT2D eigenvalue weighted by Gasteiger charge is 2.60. The van der Waals surface area contributed by atoms with Crippen LogP contribution in [0.4, 0.5) is 0 Å². The summed E-state index contributed by atoms with van der Waals surface area (Å²) in [4.78, 5) is 35.7. The largest absolute Gasteiger partial charge is 0.393 e. The molecule has 1 N–H and O–H groups in total. The molecule has 0 aromatic carbocycles. The van der Waals surface area contributed by atoms with Gasteiger partial charge in [-0.25, -0.2) is 0 Å². The summed E-state index contributed by atoms with van der Waals surface area (Å²) in [6, 6.07) is 0. The normalized spacial score (nSPS) is 45.2. The Morgan fingerprint density at radius 1 is 1.20 bits per heavy atom. The van der Waals surface area contributed by atoms with E-state index >= 15 is 0 Å². The Morgan fingerprint density at radius 2 is 1.93 bits per heavy atom. The molecule has 0 saturated heterocycles. The highest BCUT2D eigenvalue weighted by atomic mass is 35.5.